The zero-order chi connectivity index (χ0) is 23.3. The van der Waals surface area contributed by atoms with Crippen LogP contribution in [-0.2, 0) is 9.59 Å². The van der Waals surface area contributed by atoms with Crippen LogP contribution >= 0.6 is 0 Å². The van der Waals surface area contributed by atoms with Gasteiger partial charge in [-0.1, -0.05) is 12.1 Å². The molecule has 0 aliphatic heterocycles. The molecular weight excluding hydrogens is 406 g/mol. The number of carboxylic acid groups (broad SMARTS) is 4. The predicted molar refractivity (Wildman–Crippen MR) is 110 cm³/mol. The molecule has 0 radical (unpaired) electrons. The largest absolute Gasteiger partial charge is 0.481 e. The first-order chi connectivity index (χ1) is 14.5. The monoisotopic (exact) mass is 425 g/mol. The lowest BCUT2D eigenvalue weighted by molar-refractivity contribution is -0.139. The van der Waals surface area contributed by atoms with Gasteiger partial charge in [0.25, 0.3) is 0 Å². The Morgan fingerprint density at radius 1 is 0.935 bits per heavy atom. The van der Waals surface area contributed by atoms with Crippen molar-refractivity contribution in [1.82, 2.24) is 4.98 Å². The molecule has 4 N–H and O–H groups in total. The van der Waals surface area contributed by atoms with Gasteiger partial charge in [0.2, 0.25) is 0 Å². The van der Waals surface area contributed by atoms with Gasteiger partial charge in [-0.05, 0) is 55.8 Å². The quantitative estimate of drug-likeness (QED) is 0.367. The Morgan fingerprint density at radius 3 is 2.00 bits per heavy atom. The van der Waals surface area contributed by atoms with E-state index in [4.69, 9.17) is 0 Å². The normalized spacial score (nSPS) is 12.8. The smallest absolute Gasteiger partial charge is 0.335 e. The number of carbonyl (C=O) groups is 4. The number of allylic oxidation sites excluding steroid dienone is 2. The second-order valence-electron chi connectivity index (χ2n) is 6.70. The number of hydrogen-bond acceptors (Lipinski definition) is 5. The molecule has 0 spiro atoms. The van der Waals surface area contributed by atoms with E-state index < -0.39 is 29.8 Å². The van der Waals surface area contributed by atoms with Gasteiger partial charge in [0, 0.05) is 11.1 Å². The zero-order valence-corrected chi connectivity index (χ0v) is 16.6. The van der Waals surface area contributed by atoms with Crippen LogP contribution in [0.2, 0.25) is 0 Å². The molecule has 160 valence electrons. The number of carboxylic acids is 4. The molecule has 0 bridgehead atoms. The standard InChI is InChI=1S/C22H19NO8/c1-11(19(24)25)6-13(7-12(2)20(26)27)17-4-3-5-18(23-17)14-8-15(21(28)29)10-16(9-14)22(30)31/h3-11H,1-2H3,(H,24,25)(H,26,27)(H,28,29)(H,30,31)/b12-7+,13-6+. The third-order valence-corrected chi connectivity index (χ3v) is 4.30. The van der Waals surface area contributed by atoms with Gasteiger partial charge in [-0.15, -0.1) is 0 Å². The molecule has 0 aliphatic carbocycles. The van der Waals surface area contributed by atoms with Crippen LogP contribution in [-0.4, -0.2) is 49.3 Å². The van der Waals surface area contributed by atoms with Crippen molar-refractivity contribution >= 4 is 29.5 Å². The second-order valence-corrected chi connectivity index (χ2v) is 6.70. The summed E-state index contributed by atoms with van der Waals surface area (Å²) < 4.78 is 0. The van der Waals surface area contributed by atoms with Crippen molar-refractivity contribution in [2.75, 3.05) is 0 Å². The van der Waals surface area contributed by atoms with E-state index in [-0.39, 0.29) is 39.2 Å². The number of nitrogens with zero attached hydrogens (tertiary/aromatic N) is 1. The van der Waals surface area contributed by atoms with Gasteiger partial charge in [-0.3, -0.25) is 4.79 Å². The first kappa shape index (κ1) is 23.0. The molecule has 2 aromatic rings. The van der Waals surface area contributed by atoms with E-state index in [1.165, 1.54) is 50.3 Å². The maximum atomic E-state index is 11.4. The van der Waals surface area contributed by atoms with E-state index in [1.54, 1.807) is 6.07 Å². The summed E-state index contributed by atoms with van der Waals surface area (Å²) in [6.07, 6.45) is 2.63. The topological polar surface area (TPSA) is 162 Å². The van der Waals surface area contributed by atoms with Crippen LogP contribution in [0.3, 0.4) is 0 Å². The minimum atomic E-state index is -1.31. The van der Waals surface area contributed by atoms with Crippen molar-refractivity contribution in [3.63, 3.8) is 0 Å². The fourth-order valence-electron chi connectivity index (χ4n) is 2.62. The molecule has 1 heterocycles. The summed E-state index contributed by atoms with van der Waals surface area (Å²) in [7, 11) is 0. The van der Waals surface area contributed by atoms with Crippen molar-refractivity contribution in [3.05, 3.63) is 70.9 Å². The van der Waals surface area contributed by atoms with Crippen molar-refractivity contribution < 1.29 is 39.6 Å². The van der Waals surface area contributed by atoms with Crippen molar-refractivity contribution in [1.29, 1.82) is 0 Å². The average molecular weight is 425 g/mol. The number of pyridine rings is 1. The van der Waals surface area contributed by atoms with Crippen molar-refractivity contribution in [3.8, 4) is 11.3 Å². The molecule has 31 heavy (non-hydrogen) atoms. The number of aromatic nitrogens is 1. The van der Waals surface area contributed by atoms with Crippen LogP contribution < -0.4 is 0 Å². The average Bonchev–Trinajstić information content (AvgIpc) is 2.72. The van der Waals surface area contributed by atoms with Gasteiger partial charge in [-0.25, -0.2) is 19.4 Å². The molecule has 0 saturated carbocycles. The summed E-state index contributed by atoms with van der Waals surface area (Å²) in [4.78, 5) is 49.6. The number of hydrogen-bond donors (Lipinski definition) is 4. The maximum absolute atomic E-state index is 11.4. The van der Waals surface area contributed by atoms with Crippen LogP contribution in [0.4, 0.5) is 0 Å². The lowest BCUT2D eigenvalue weighted by Crippen LogP contribution is -2.07. The van der Waals surface area contributed by atoms with Crippen LogP contribution in [0.1, 0.15) is 40.3 Å². The number of rotatable bonds is 8. The SMILES string of the molecule is C/C(=C\C(=C/C(C)C(=O)O)c1cccc(-c2cc(C(=O)O)cc(C(=O)O)c2)n1)C(=O)O. The molecule has 1 aromatic heterocycles. The van der Waals surface area contributed by atoms with Crippen molar-refractivity contribution in [2.24, 2.45) is 5.92 Å². The van der Waals surface area contributed by atoms with Gasteiger partial charge in [-0.2, -0.15) is 0 Å². The molecule has 0 aliphatic rings. The summed E-state index contributed by atoms with van der Waals surface area (Å²) >= 11 is 0. The Balaban J connectivity index is 2.67. The minimum absolute atomic E-state index is 0.0444. The summed E-state index contributed by atoms with van der Waals surface area (Å²) in [6, 6.07) is 8.19. The maximum Gasteiger partial charge on any atom is 0.335 e. The molecule has 9 nitrogen and oxygen atoms in total. The Bertz CT molecular complexity index is 1100. The third kappa shape index (κ3) is 5.86. The molecule has 1 aromatic carbocycles. The fraction of sp³-hybridized carbons (Fsp3) is 0.136. The highest BCUT2D eigenvalue weighted by Crippen LogP contribution is 2.25. The van der Waals surface area contributed by atoms with E-state index in [0.717, 1.165) is 6.07 Å². The molecule has 0 amide bonds. The summed E-state index contributed by atoms with van der Waals surface area (Å²) in [6.45, 7) is 2.77. The highest BCUT2D eigenvalue weighted by molar-refractivity contribution is 5.96. The summed E-state index contributed by atoms with van der Waals surface area (Å²) in [5, 5.41) is 36.9. The van der Waals surface area contributed by atoms with Crippen LogP contribution in [0.5, 0.6) is 0 Å². The Kier molecular flexibility index (Phi) is 7.04. The van der Waals surface area contributed by atoms with E-state index in [0.29, 0.717) is 0 Å². The second kappa shape index (κ2) is 9.49. The van der Waals surface area contributed by atoms with Crippen LogP contribution in [0.15, 0.2) is 54.1 Å². The summed E-state index contributed by atoms with van der Waals surface area (Å²) in [5.41, 5.74) is 0.422. The lowest BCUT2D eigenvalue weighted by Gasteiger charge is -2.10. The predicted octanol–water partition coefficient (Wildman–Crippen LogP) is 3.28. The van der Waals surface area contributed by atoms with E-state index in [1.807, 2.05) is 0 Å². The first-order valence-corrected chi connectivity index (χ1v) is 8.95. The minimum Gasteiger partial charge on any atom is -0.481 e. The molecule has 9 heteroatoms. The highest BCUT2D eigenvalue weighted by Gasteiger charge is 2.15. The number of aliphatic carboxylic acids is 2. The molecule has 0 fully saturated rings. The van der Waals surface area contributed by atoms with Gasteiger partial charge >= 0.3 is 23.9 Å². The fourth-order valence-corrected chi connectivity index (χ4v) is 2.62. The number of aromatic carboxylic acids is 2. The molecular formula is C22H19NO8. The van der Waals surface area contributed by atoms with Gasteiger partial charge < -0.3 is 20.4 Å². The Labute approximate surface area is 176 Å². The van der Waals surface area contributed by atoms with Gasteiger partial charge in [0.15, 0.2) is 0 Å². The van der Waals surface area contributed by atoms with E-state index in [9.17, 15) is 39.6 Å². The van der Waals surface area contributed by atoms with Crippen LogP contribution in [0, 0.1) is 5.92 Å². The third-order valence-electron chi connectivity index (χ3n) is 4.30. The Morgan fingerprint density at radius 2 is 1.52 bits per heavy atom. The highest BCUT2D eigenvalue weighted by atomic mass is 16.4. The summed E-state index contributed by atoms with van der Waals surface area (Å²) in [5.74, 6) is -5.86. The van der Waals surface area contributed by atoms with E-state index in [2.05, 4.69) is 4.98 Å². The lowest BCUT2D eigenvalue weighted by atomic mass is 10.00. The van der Waals surface area contributed by atoms with Gasteiger partial charge in [0.1, 0.15) is 0 Å². The van der Waals surface area contributed by atoms with Crippen molar-refractivity contribution in [2.45, 2.75) is 13.8 Å². The van der Waals surface area contributed by atoms with E-state index >= 15 is 0 Å². The van der Waals surface area contributed by atoms with Gasteiger partial charge in [0.05, 0.1) is 28.4 Å². The molecule has 0 saturated heterocycles. The first-order valence-electron chi connectivity index (χ1n) is 8.95. The molecule has 2 rings (SSSR count). The molecule has 1 atom stereocenters. The number of benzene rings is 1. The van der Waals surface area contributed by atoms with Crippen LogP contribution in [0.25, 0.3) is 16.8 Å². The Hall–Kier alpha value is -4.27. The molecule has 1 unspecified atom stereocenters. The zero-order valence-electron chi connectivity index (χ0n) is 16.6.